The molecular weight excluding hydrogens is 218 g/mol. The van der Waals surface area contributed by atoms with E-state index in [0.29, 0.717) is 0 Å². The lowest BCUT2D eigenvalue weighted by molar-refractivity contribution is -0.135. The van der Waals surface area contributed by atoms with Gasteiger partial charge in [-0.1, -0.05) is 5.57 Å². The minimum absolute atomic E-state index is 0.0841. The molecule has 0 atom stereocenters. The molecule has 1 saturated carbocycles. The van der Waals surface area contributed by atoms with Gasteiger partial charge in [0, 0.05) is 25.1 Å². The van der Waals surface area contributed by atoms with Gasteiger partial charge in [-0.25, -0.2) is 4.79 Å². The number of amides is 1. The largest absolute Gasteiger partial charge is 0.478 e. The van der Waals surface area contributed by atoms with E-state index in [2.05, 4.69) is 0 Å². The van der Waals surface area contributed by atoms with Gasteiger partial charge in [0.05, 0.1) is 0 Å². The molecule has 1 fully saturated rings. The van der Waals surface area contributed by atoms with Crippen molar-refractivity contribution in [2.45, 2.75) is 39.5 Å². The van der Waals surface area contributed by atoms with Crippen LogP contribution < -0.4 is 0 Å². The quantitative estimate of drug-likeness (QED) is 0.764. The standard InChI is InChI=1S/C13H21NO3/c1-3-14(4-2)13(17)11-7-5-10(6-8-11)9-12(15)16/h9,11H,3-8H2,1-2H3,(H,15,16). The van der Waals surface area contributed by atoms with Gasteiger partial charge in [0.25, 0.3) is 0 Å². The van der Waals surface area contributed by atoms with Gasteiger partial charge in [0.1, 0.15) is 0 Å². The van der Waals surface area contributed by atoms with Crippen molar-refractivity contribution in [2.75, 3.05) is 13.1 Å². The molecule has 0 heterocycles. The van der Waals surface area contributed by atoms with Crippen molar-refractivity contribution < 1.29 is 14.7 Å². The lowest BCUT2D eigenvalue weighted by Crippen LogP contribution is -2.36. The number of carboxylic acid groups (broad SMARTS) is 1. The van der Waals surface area contributed by atoms with Gasteiger partial charge in [-0.2, -0.15) is 0 Å². The summed E-state index contributed by atoms with van der Waals surface area (Å²) in [5.74, 6) is -0.571. The summed E-state index contributed by atoms with van der Waals surface area (Å²) in [5.41, 5.74) is 0.959. The molecule has 0 spiro atoms. The van der Waals surface area contributed by atoms with Crippen molar-refractivity contribution in [1.82, 2.24) is 4.90 Å². The third kappa shape index (κ3) is 3.88. The van der Waals surface area contributed by atoms with E-state index in [0.717, 1.165) is 44.3 Å². The molecule has 4 heteroatoms. The minimum atomic E-state index is -0.881. The molecular formula is C13H21NO3. The Labute approximate surface area is 102 Å². The first-order valence-corrected chi connectivity index (χ1v) is 6.29. The molecule has 0 aromatic carbocycles. The van der Waals surface area contributed by atoms with Gasteiger partial charge in [-0.05, 0) is 39.5 Å². The Kier molecular flexibility index (Phi) is 5.19. The normalized spacial score (nSPS) is 19.9. The highest BCUT2D eigenvalue weighted by Gasteiger charge is 2.26. The summed E-state index contributed by atoms with van der Waals surface area (Å²) in [6.45, 7) is 5.48. The van der Waals surface area contributed by atoms with Gasteiger partial charge in [0.2, 0.25) is 5.91 Å². The van der Waals surface area contributed by atoms with Crippen LogP contribution in [-0.2, 0) is 9.59 Å². The predicted molar refractivity (Wildman–Crippen MR) is 65.6 cm³/mol. The first kappa shape index (κ1) is 13.7. The maximum Gasteiger partial charge on any atom is 0.328 e. The number of hydrogen-bond donors (Lipinski definition) is 1. The van der Waals surface area contributed by atoms with E-state index in [1.807, 2.05) is 18.7 Å². The molecule has 0 saturated heterocycles. The van der Waals surface area contributed by atoms with Crippen molar-refractivity contribution in [2.24, 2.45) is 5.92 Å². The molecule has 1 amide bonds. The summed E-state index contributed by atoms with van der Waals surface area (Å²) in [7, 11) is 0. The van der Waals surface area contributed by atoms with Crippen molar-refractivity contribution in [3.8, 4) is 0 Å². The number of hydrogen-bond acceptors (Lipinski definition) is 2. The third-order valence-electron chi connectivity index (χ3n) is 3.38. The van der Waals surface area contributed by atoms with E-state index in [9.17, 15) is 9.59 Å². The number of carbonyl (C=O) groups is 2. The van der Waals surface area contributed by atoms with Crippen molar-refractivity contribution in [3.05, 3.63) is 11.6 Å². The van der Waals surface area contributed by atoms with Crippen LogP contribution in [0.3, 0.4) is 0 Å². The molecule has 96 valence electrons. The molecule has 0 radical (unpaired) electrons. The molecule has 0 aliphatic heterocycles. The minimum Gasteiger partial charge on any atom is -0.478 e. The Morgan fingerprint density at radius 1 is 1.29 bits per heavy atom. The number of rotatable bonds is 4. The highest BCUT2D eigenvalue weighted by Crippen LogP contribution is 2.29. The van der Waals surface area contributed by atoms with E-state index in [1.54, 1.807) is 0 Å². The van der Waals surface area contributed by atoms with E-state index < -0.39 is 5.97 Å². The second kappa shape index (κ2) is 6.42. The first-order chi connectivity index (χ1) is 8.08. The van der Waals surface area contributed by atoms with Gasteiger partial charge in [-0.3, -0.25) is 4.79 Å². The molecule has 0 bridgehead atoms. The van der Waals surface area contributed by atoms with Crippen LogP contribution in [0.25, 0.3) is 0 Å². The van der Waals surface area contributed by atoms with Crippen molar-refractivity contribution in [3.63, 3.8) is 0 Å². The van der Waals surface area contributed by atoms with Crippen molar-refractivity contribution in [1.29, 1.82) is 0 Å². The lowest BCUT2D eigenvalue weighted by atomic mass is 9.85. The van der Waals surface area contributed by atoms with Crippen LogP contribution in [0.1, 0.15) is 39.5 Å². The molecule has 1 aliphatic rings. The summed E-state index contributed by atoms with van der Waals surface area (Å²) >= 11 is 0. The number of nitrogens with zero attached hydrogens (tertiary/aromatic N) is 1. The zero-order valence-corrected chi connectivity index (χ0v) is 10.6. The monoisotopic (exact) mass is 239 g/mol. The van der Waals surface area contributed by atoms with E-state index >= 15 is 0 Å². The third-order valence-corrected chi connectivity index (χ3v) is 3.38. The number of aliphatic carboxylic acids is 1. The summed E-state index contributed by atoms with van der Waals surface area (Å²) in [4.78, 5) is 24.5. The Bertz CT molecular complexity index is 309. The van der Waals surface area contributed by atoms with Crippen molar-refractivity contribution >= 4 is 11.9 Å². The number of carbonyl (C=O) groups excluding carboxylic acids is 1. The van der Waals surface area contributed by atoms with Gasteiger partial charge >= 0.3 is 5.97 Å². The number of carboxylic acids is 1. The fourth-order valence-electron chi connectivity index (χ4n) is 2.35. The van der Waals surface area contributed by atoms with Crippen LogP contribution in [0.2, 0.25) is 0 Å². The molecule has 17 heavy (non-hydrogen) atoms. The summed E-state index contributed by atoms with van der Waals surface area (Å²) < 4.78 is 0. The zero-order valence-electron chi connectivity index (χ0n) is 10.6. The lowest BCUT2D eigenvalue weighted by Gasteiger charge is -2.28. The summed E-state index contributed by atoms with van der Waals surface area (Å²) in [6.07, 6.45) is 4.34. The summed E-state index contributed by atoms with van der Waals surface area (Å²) in [5, 5.41) is 8.65. The number of allylic oxidation sites excluding steroid dienone is 1. The molecule has 4 nitrogen and oxygen atoms in total. The van der Waals surface area contributed by atoms with E-state index in [1.165, 1.54) is 6.08 Å². The van der Waals surface area contributed by atoms with Crippen LogP contribution in [0.4, 0.5) is 0 Å². The summed E-state index contributed by atoms with van der Waals surface area (Å²) in [6, 6.07) is 0. The molecule has 0 aromatic heterocycles. The predicted octanol–water partition coefficient (Wildman–Crippen LogP) is 2.06. The average molecular weight is 239 g/mol. The molecule has 1 aliphatic carbocycles. The van der Waals surface area contributed by atoms with E-state index in [-0.39, 0.29) is 11.8 Å². The average Bonchev–Trinajstić information content (AvgIpc) is 2.30. The maximum absolute atomic E-state index is 12.1. The SMILES string of the molecule is CCN(CC)C(=O)C1CCC(=CC(=O)O)CC1. The Morgan fingerprint density at radius 2 is 1.82 bits per heavy atom. The zero-order chi connectivity index (χ0) is 12.8. The highest BCUT2D eigenvalue weighted by molar-refractivity contribution is 5.81. The second-order valence-electron chi connectivity index (χ2n) is 4.43. The van der Waals surface area contributed by atoms with Crippen LogP contribution in [0.15, 0.2) is 11.6 Å². The maximum atomic E-state index is 12.1. The molecule has 0 aromatic rings. The van der Waals surface area contributed by atoms with Gasteiger partial charge in [0.15, 0.2) is 0 Å². The Balaban J connectivity index is 2.52. The topological polar surface area (TPSA) is 57.6 Å². The highest BCUT2D eigenvalue weighted by atomic mass is 16.4. The van der Waals surface area contributed by atoms with Gasteiger partial charge < -0.3 is 10.0 Å². The van der Waals surface area contributed by atoms with Crippen LogP contribution in [-0.4, -0.2) is 35.0 Å². The van der Waals surface area contributed by atoms with Crippen LogP contribution in [0, 0.1) is 5.92 Å². The fourth-order valence-corrected chi connectivity index (χ4v) is 2.35. The Morgan fingerprint density at radius 3 is 2.24 bits per heavy atom. The smallest absolute Gasteiger partial charge is 0.328 e. The first-order valence-electron chi connectivity index (χ1n) is 6.29. The fraction of sp³-hybridized carbons (Fsp3) is 0.692. The van der Waals surface area contributed by atoms with Gasteiger partial charge in [-0.15, -0.1) is 0 Å². The molecule has 0 unspecified atom stereocenters. The van der Waals surface area contributed by atoms with Crippen LogP contribution in [0.5, 0.6) is 0 Å². The van der Waals surface area contributed by atoms with Crippen LogP contribution >= 0.6 is 0 Å². The molecule has 1 rings (SSSR count). The van der Waals surface area contributed by atoms with E-state index in [4.69, 9.17) is 5.11 Å². The molecule has 1 N–H and O–H groups in total. The second-order valence-corrected chi connectivity index (χ2v) is 4.43. The Hall–Kier alpha value is -1.32.